The van der Waals surface area contributed by atoms with Crippen LogP contribution in [0.5, 0.6) is 0 Å². The van der Waals surface area contributed by atoms with E-state index in [4.69, 9.17) is 0 Å². The van der Waals surface area contributed by atoms with Crippen molar-refractivity contribution in [3.8, 4) is 33.5 Å². The van der Waals surface area contributed by atoms with Crippen molar-refractivity contribution in [1.29, 1.82) is 0 Å². The van der Waals surface area contributed by atoms with Gasteiger partial charge < -0.3 is 14.7 Å². The lowest BCUT2D eigenvalue weighted by molar-refractivity contribution is 0.0423. The molecule has 0 aliphatic carbocycles. The third kappa shape index (κ3) is 13.4. The summed E-state index contributed by atoms with van der Waals surface area (Å²) in [7, 11) is 0. The number of thiazole rings is 1. The molecule has 0 amide bonds. The molecule has 0 spiro atoms. The van der Waals surface area contributed by atoms with Crippen molar-refractivity contribution in [2.45, 2.75) is 137 Å². The molecule has 0 saturated carbocycles. The maximum Gasteiger partial charge on any atom is 0.171 e. The Morgan fingerprint density at radius 1 is 0.463 bits per heavy atom. The highest BCUT2D eigenvalue weighted by atomic mass is 32.1. The molecule has 3 fully saturated rings. The van der Waals surface area contributed by atoms with Crippen LogP contribution in [0.3, 0.4) is 0 Å². The molecule has 0 unspecified atom stereocenters. The lowest BCUT2D eigenvalue weighted by Crippen LogP contribution is -2.43. The van der Waals surface area contributed by atoms with E-state index >= 15 is 8.78 Å². The molecule has 4 aromatic heterocycles. The molecule has 2 aromatic carbocycles. The standard InChI is InChI=1S/C19H25N3.C18H22FN3.C15H19FN4S.2CH4/c1-15(2)22-13-9-19(3,10-14-22)17-7-5-16(6-8-17)18-20-11-4-12-21-18;1-14(2)22-12-8-18(19,9-13-22)16-6-4-15(5-7-16)17-20-10-3-11-21-17;1-11(2)20-8-4-15(16,5-9-20)14-19-10-12(21-14)13-17-6-3-7-18-13;;/h4-8,11-12,15H,9-10,13-14H2,1-3H3;3-7,10-11,14H,8-9,12-13H2,1-2H3;3,6-7,10-11H,4-5,8-9H2,1-2H3;2*1H4. The van der Waals surface area contributed by atoms with Crippen LogP contribution in [0, 0.1) is 0 Å². The first kappa shape index (κ1) is 53.0. The fourth-order valence-electron chi connectivity index (χ4n) is 8.96. The zero-order chi connectivity index (χ0) is 46.0. The third-order valence-electron chi connectivity index (χ3n) is 13.6. The number of nitrogens with zero attached hydrogens (tertiary/aromatic N) is 10. The van der Waals surface area contributed by atoms with Crippen molar-refractivity contribution in [2.24, 2.45) is 0 Å². The first-order valence-corrected chi connectivity index (χ1v) is 24.2. The Hall–Kier alpha value is -4.95. The van der Waals surface area contributed by atoms with Gasteiger partial charge in [-0.2, -0.15) is 0 Å². The highest BCUT2D eigenvalue weighted by molar-refractivity contribution is 7.15. The molecule has 9 rings (SSSR count). The van der Waals surface area contributed by atoms with Gasteiger partial charge in [-0.3, -0.25) is 0 Å². The molecule has 0 atom stereocenters. The van der Waals surface area contributed by atoms with Crippen LogP contribution in [0.2, 0.25) is 0 Å². The molecule has 3 saturated heterocycles. The molecule has 0 N–H and O–H groups in total. The predicted octanol–water partition coefficient (Wildman–Crippen LogP) is 12.3. The highest BCUT2D eigenvalue weighted by Gasteiger charge is 2.40. The van der Waals surface area contributed by atoms with Gasteiger partial charge in [0.05, 0.1) is 4.88 Å². The van der Waals surface area contributed by atoms with E-state index in [1.807, 2.05) is 30.3 Å². The summed E-state index contributed by atoms with van der Waals surface area (Å²) in [5, 5.41) is 0.563. The molecular weight excluding hydrogens is 859 g/mol. The summed E-state index contributed by atoms with van der Waals surface area (Å²) in [4.78, 5) is 37.8. The maximum absolute atomic E-state index is 15.2. The van der Waals surface area contributed by atoms with Gasteiger partial charge in [0.15, 0.2) is 23.1 Å². The van der Waals surface area contributed by atoms with Gasteiger partial charge in [-0.15, -0.1) is 11.3 Å². The predicted molar refractivity (Wildman–Crippen MR) is 272 cm³/mol. The quantitative estimate of drug-likeness (QED) is 0.139. The second kappa shape index (κ2) is 23.9. The number of rotatable bonds is 9. The molecule has 3 aliphatic rings. The highest BCUT2D eigenvalue weighted by Crippen LogP contribution is 2.42. The number of halogens is 2. The van der Waals surface area contributed by atoms with E-state index in [9.17, 15) is 0 Å². The summed E-state index contributed by atoms with van der Waals surface area (Å²) in [6.07, 6.45) is 16.7. The molecule has 0 radical (unpaired) electrons. The number of likely N-dealkylation sites (tertiary alicyclic amines) is 3. The zero-order valence-electron chi connectivity index (χ0n) is 39.2. The number of piperidine rings is 3. The van der Waals surface area contributed by atoms with Gasteiger partial charge >= 0.3 is 0 Å². The first-order chi connectivity index (χ1) is 31.2. The number of benzene rings is 2. The fraction of sp³-hybridized carbons (Fsp3) is 0.500. The number of alkyl halides is 2. The van der Waals surface area contributed by atoms with Crippen LogP contribution in [-0.2, 0) is 16.8 Å². The van der Waals surface area contributed by atoms with Gasteiger partial charge in [0.2, 0.25) is 0 Å². The minimum Gasteiger partial charge on any atom is -0.301 e. The molecule has 7 heterocycles. The Kier molecular flexibility index (Phi) is 18.9. The lowest BCUT2D eigenvalue weighted by Gasteiger charge is -2.41. The van der Waals surface area contributed by atoms with E-state index in [0.717, 1.165) is 53.6 Å². The molecule has 360 valence electrons. The SMILES string of the molecule is C.C.CC(C)N1CCC(C)(c2ccc(-c3ncccn3)cc2)CC1.CC(C)N1CCC(F)(c2ccc(-c3ncccn3)cc2)CC1.CC(C)N1CCC(F)(c2ncc(-c3ncccn3)s2)CC1. The van der Waals surface area contributed by atoms with Gasteiger partial charge in [0.1, 0.15) is 10.7 Å². The molecule has 67 heavy (non-hydrogen) atoms. The van der Waals surface area contributed by atoms with E-state index < -0.39 is 11.3 Å². The van der Waals surface area contributed by atoms with Gasteiger partial charge in [0, 0.05) is 112 Å². The van der Waals surface area contributed by atoms with E-state index in [1.165, 1.54) is 42.8 Å². The summed E-state index contributed by atoms with van der Waals surface area (Å²) in [6.45, 7) is 21.2. The Labute approximate surface area is 403 Å². The van der Waals surface area contributed by atoms with Crippen molar-refractivity contribution in [3.63, 3.8) is 0 Å². The first-order valence-electron chi connectivity index (χ1n) is 23.3. The molecule has 6 aromatic rings. The van der Waals surface area contributed by atoms with Crippen LogP contribution >= 0.6 is 11.3 Å². The number of hydrogen-bond donors (Lipinski definition) is 0. The van der Waals surface area contributed by atoms with E-state index in [2.05, 4.69) is 122 Å². The smallest absolute Gasteiger partial charge is 0.171 e. The van der Waals surface area contributed by atoms with Crippen LogP contribution in [-0.4, -0.2) is 107 Å². The lowest BCUT2D eigenvalue weighted by atomic mass is 9.74. The number of hydrogen-bond acceptors (Lipinski definition) is 11. The fourth-order valence-corrected chi connectivity index (χ4v) is 9.96. The Balaban J connectivity index is 0.000000185. The van der Waals surface area contributed by atoms with E-state index in [-0.39, 0.29) is 14.9 Å². The van der Waals surface area contributed by atoms with Crippen molar-refractivity contribution < 1.29 is 8.78 Å². The van der Waals surface area contributed by atoms with Crippen molar-refractivity contribution >= 4 is 11.3 Å². The summed E-state index contributed by atoms with van der Waals surface area (Å²) >= 11 is 1.37. The largest absolute Gasteiger partial charge is 0.301 e. The average Bonchev–Trinajstić information content (AvgIpc) is 3.85. The maximum atomic E-state index is 15.2. The Bertz CT molecular complexity index is 2210. The molecule has 3 aliphatic heterocycles. The number of aromatic nitrogens is 7. The van der Waals surface area contributed by atoms with E-state index in [0.29, 0.717) is 65.9 Å². The summed E-state index contributed by atoms with van der Waals surface area (Å²) in [5.41, 5.74) is 2.01. The van der Waals surface area contributed by atoms with Gasteiger partial charge in [-0.25, -0.2) is 43.7 Å². The van der Waals surface area contributed by atoms with Crippen LogP contribution in [0.1, 0.15) is 118 Å². The minimum absolute atomic E-state index is 0. The van der Waals surface area contributed by atoms with Crippen molar-refractivity contribution in [1.82, 2.24) is 49.6 Å². The second-order valence-corrected chi connectivity index (χ2v) is 19.8. The van der Waals surface area contributed by atoms with Crippen molar-refractivity contribution in [3.05, 3.63) is 126 Å². The van der Waals surface area contributed by atoms with Crippen LogP contribution in [0.25, 0.3) is 33.5 Å². The van der Waals surface area contributed by atoms with Crippen LogP contribution in [0.4, 0.5) is 8.78 Å². The monoisotopic (exact) mass is 933 g/mol. The summed E-state index contributed by atoms with van der Waals surface area (Å²) in [6, 6.07) is 23.5. The molecular formula is C54H74F2N10S. The normalized spacial score (nSPS) is 18.1. The topological polar surface area (TPSA) is 100.0 Å². The average molecular weight is 933 g/mol. The molecule has 13 heteroatoms. The second-order valence-electron chi connectivity index (χ2n) is 18.8. The third-order valence-corrected chi connectivity index (χ3v) is 14.8. The molecule has 10 nitrogen and oxygen atoms in total. The van der Waals surface area contributed by atoms with Gasteiger partial charge in [-0.1, -0.05) is 70.3 Å². The van der Waals surface area contributed by atoms with Crippen LogP contribution < -0.4 is 0 Å². The Morgan fingerprint density at radius 2 is 0.806 bits per heavy atom. The minimum atomic E-state index is -1.30. The zero-order valence-corrected chi connectivity index (χ0v) is 40.1. The summed E-state index contributed by atoms with van der Waals surface area (Å²) < 4.78 is 30.4. The summed E-state index contributed by atoms with van der Waals surface area (Å²) in [5.74, 6) is 2.09. The van der Waals surface area contributed by atoms with Gasteiger partial charge in [-0.05, 0) is 115 Å². The van der Waals surface area contributed by atoms with E-state index in [1.54, 1.807) is 55.5 Å². The molecule has 0 bridgehead atoms. The Morgan fingerprint density at radius 3 is 1.19 bits per heavy atom. The van der Waals surface area contributed by atoms with Crippen LogP contribution in [0.15, 0.2) is 110 Å². The van der Waals surface area contributed by atoms with Gasteiger partial charge in [0.25, 0.3) is 0 Å². The van der Waals surface area contributed by atoms with Crippen molar-refractivity contribution in [2.75, 3.05) is 39.3 Å².